The molecule has 3 heterocycles. The predicted octanol–water partition coefficient (Wildman–Crippen LogP) is 2.78. The molecule has 1 saturated heterocycles. The quantitative estimate of drug-likeness (QED) is 0.931. The van der Waals surface area contributed by atoms with E-state index in [2.05, 4.69) is 36.1 Å². The number of nitrogens with zero attached hydrogens (tertiary/aromatic N) is 4. The molecule has 0 aromatic carbocycles. The van der Waals surface area contributed by atoms with Crippen LogP contribution < -0.4 is 5.32 Å². The van der Waals surface area contributed by atoms with Gasteiger partial charge in [0, 0.05) is 31.7 Å². The molecule has 0 radical (unpaired) electrons. The van der Waals surface area contributed by atoms with Gasteiger partial charge in [0.15, 0.2) is 11.5 Å². The Labute approximate surface area is 127 Å². The van der Waals surface area contributed by atoms with Crippen LogP contribution in [0.3, 0.4) is 0 Å². The van der Waals surface area contributed by atoms with E-state index < -0.39 is 0 Å². The van der Waals surface area contributed by atoms with Gasteiger partial charge in [-0.3, -0.25) is 0 Å². The third kappa shape index (κ3) is 3.30. The third-order valence-electron chi connectivity index (χ3n) is 3.76. The fourth-order valence-corrected chi connectivity index (χ4v) is 3.11. The highest BCUT2D eigenvalue weighted by atomic mass is 79.9. The summed E-state index contributed by atoms with van der Waals surface area (Å²) in [6.45, 7) is 4.44. The van der Waals surface area contributed by atoms with E-state index >= 15 is 0 Å². The van der Waals surface area contributed by atoms with Crippen LogP contribution in [0, 0.1) is 0 Å². The maximum absolute atomic E-state index is 4.48. The number of imidazole rings is 1. The fraction of sp³-hybridized carbons (Fsp3) is 0.571. The summed E-state index contributed by atoms with van der Waals surface area (Å²) in [5, 5.41) is 3.42. The Hall–Kier alpha value is -1.14. The number of nitrogens with one attached hydrogen (secondary N) is 1. The van der Waals surface area contributed by atoms with E-state index in [1.807, 2.05) is 16.8 Å². The molecule has 0 aliphatic carbocycles. The van der Waals surface area contributed by atoms with Crippen molar-refractivity contribution in [1.82, 2.24) is 19.3 Å². The number of hydrogen-bond donors (Lipinski definition) is 1. The van der Waals surface area contributed by atoms with Gasteiger partial charge in [-0.15, -0.1) is 0 Å². The molecular weight excluding hydrogens is 318 g/mol. The molecule has 0 spiro atoms. The standard InChI is InChI=1S/C14H20BrN5/c15-12-11-20-10-6-17-14(20)13(18-12)16-5-9-19-7-3-1-2-4-8-19/h6,10-11H,1-5,7-9H2,(H,16,18). The fourth-order valence-electron chi connectivity index (χ4n) is 2.71. The number of aromatic nitrogens is 3. The second-order valence-corrected chi connectivity index (χ2v) is 6.07. The van der Waals surface area contributed by atoms with Crippen LogP contribution in [0.15, 0.2) is 23.2 Å². The van der Waals surface area contributed by atoms with Gasteiger partial charge in [-0.1, -0.05) is 12.8 Å². The zero-order valence-electron chi connectivity index (χ0n) is 11.6. The van der Waals surface area contributed by atoms with Crippen molar-refractivity contribution in [2.75, 3.05) is 31.5 Å². The molecule has 20 heavy (non-hydrogen) atoms. The van der Waals surface area contributed by atoms with E-state index in [4.69, 9.17) is 0 Å². The lowest BCUT2D eigenvalue weighted by Crippen LogP contribution is -2.30. The molecule has 1 aliphatic heterocycles. The maximum Gasteiger partial charge on any atom is 0.180 e. The van der Waals surface area contributed by atoms with Crippen molar-refractivity contribution in [2.24, 2.45) is 0 Å². The zero-order valence-corrected chi connectivity index (χ0v) is 13.1. The predicted molar refractivity (Wildman–Crippen MR) is 84.1 cm³/mol. The summed E-state index contributed by atoms with van der Waals surface area (Å²) in [6.07, 6.45) is 11.1. The molecule has 0 unspecified atom stereocenters. The van der Waals surface area contributed by atoms with Gasteiger partial charge < -0.3 is 14.6 Å². The number of anilines is 1. The van der Waals surface area contributed by atoms with Gasteiger partial charge in [0.2, 0.25) is 0 Å². The Morgan fingerprint density at radius 3 is 2.80 bits per heavy atom. The molecule has 1 aliphatic rings. The van der Waals surface area contributed by atoms with Crippen molar-refractivity contribution < 1.29 is 0 Å². The third-order valence-corrected chi connectivity index (χ3v) is 4.15. The molecule has 2 aromatic heterocycles. The Bertz CT molecular complexity index is 560. The molecule has 1 fully saturated rings. The average Bonchev–Trinajstić information content (AvgIpc) is 2.74. The second-order valence-electron chi connectivity index (χ2n) is 5.25. The number of hydrogen-bond acceptors (Lipinski definition) is 4. The summed E-state index contributed by atoms with van der Waals surface area (Å²) < 4.78 is 2.80. The van der Waals surface area contributed by atoms with Crippen molar-refractivity contribution in [2.45, 2.75) is 25.7 Å². The first-order valence-electron chi connectivity index (χ1n) is 7.28. The van der Waals surface area contributed by atoms with Crippen LogP contribution in [0.25, 0.3) is 5.65 Å². The summed E-state index contributed by atoms with van der Waals surface area (Å²) >= 11 is 3.44. The van der Waals surface area contributed by atoms with Crippen molar-refractivity contribution in [3.8, 4) is 0 Å². The van der Waals surface area contributed by atoms with Gasteiger partial charge in [-0.25, -0.2) is 9.97 Å². The van der Waals surface area contributed by atoms with Crippen LogP contribution in [0.4, 0.5) is 5.82 Å². The van der Waals surface area contributed by atoms with Crippen molar-refractivity contribution in [1.29, 1.82) is 0 Å². The smallest absolute Gasteiger partial charge is 0.180 e. The summed E-state index contributed by atoms with van der Waals surface area (Å²) in [7, 11) is 0. The van der Waals surface area contributed by atoms with E-state index in [9.17, 15) is 0 Å². The molecule has 0 atom stereocenters. The highest BCUT2D eigenvalue weighted by Gasteiger charge is 2.10. The Kier molecular flexibility index (Phi) is 4.52. The minimum atomic E-state index is 0.820. The molecular formula is C14H20BrN5. The first-order chi connectivity index (χ1) is 9.83. The first-order valence-corrected chi connectivity index (χ1v) is 8.08. The summed E-state index contributed by atoms with van der Waals surface area (Å²) in [4.78, 5) is 11.4. The topological polar surface area (TPSA) is 45.5 Å². The van der Waals surface area contributed by atoms with Gasteiger partial charge in [0.25, 0.3) is 0 Å². The average molecular weight is 338 g/mol. The molecule has 1 N–H and O–H groups in total. The van der Waals surface area contributed by atoms with Crippen LogP contribution in [0.1, 0.15) is 25.7 Å². The zero-order chi connectivity index (χ0) is 13.8. The molecule has 108 valence electrons. The highest BCUT2D eigenvalue weighted by molar-refractivity contribution is 9.10. The molecule has 6 heteroatoms. The number of fused-ring (bicyclic) bond motifs is 1. The lowest BCUT2D eigenvalue weighted by atomic mass is 10.2. The largest absolute Gasteiger partial charge is 0.366 e. The Morgan fingerprint density at radius 1 is 1.20 bits per heavy atom. The number of rotatable bonds is 4. The minimum Gasteiger partial charge on any atom is -0.366 e. The number of halogens is 1. The highest BCUT2D eigenvalue weighted by Crippen LogP contribution is 2.16. The van der Waals surface area contributed by atoms with E-state index in [0.29, 0.717) is 0 Å². The van der Waals surface area contributed by atoms with Crippen LogP contribution in [0.2, 0.25) is 0 Å². The molecule has 5 nitrogen and oxygen atoms in total. The van der Waals surface area contributed by atoms with E-state index in [1.54, 1.807) is 6.20 Å². The van der Waals surface area contributed by atoms with Gasteiger partial charge in [0.05, 0.1) is 0 Å². The van der Waals surface area contributed by atoms with Crippen LogP contribution in [-0.4, -0.2) is 45.4 Å². The Balaban J connectivity index is 1.60. The van der Waals surface area contributed by atoms with Crippen molar-refractivity contribution in [3.05, 3.63) is 23.2 Å². The normalized spacial score (nSPS) is 17.2. The lowest BCUT2D eigenvalue weighted by Gasteiger charge is -2.20. The van der Waals surface area contributed by atoms with Gasteiger partial charge in [-0.05, 0) is 41.9 Å². The van der Waals surface area contributed by atoms with Crippen molar-refractivity contribution in [3.63, 3.8) is 0 Å². The Morgan fingerprint density at radius 2 is 2.00 bits per heavy atom. The lowest BCUT2D eigenvalue weighted by molar-refractivity contribution is 0.296. The molecule has 2 aromatic rings. The minimum absolute atomic E-state index is 0.820. The SMILES string of the molecule is Brc1cn2ccnc2c(NCCN2CCCCCC2)n1. The van der Waals surface area contributed by atoms with E-state index in [0.717, 1.165) is 29.2 Å². The summed E-state index contributed by atoms with van der Waals surface area (Å²) in [6, 6.07) is 0. The van der Waals surface area contributed by atoms with Crippen LogP contribution in [0.5, 0.6) is 0 Å². The van der Waals surface area contributed by atoms with Crippen LogP contribution >= 0.6 is 15.9 Å². The molecule has 0 bridgehead atoms. The van der Waals surface area contributed by atoms with Crippen LogP contribution in [-0.2, 0) is 0 Å². The monoisotopic (exact) mass is 337 g/mol. The van der Waals surface area contributed by atoms with E-state index in [-0.39, 0.29) is 0 Å². The summed E-state index contributed by atoms with van der Waals surface area (Å²) in [5.41, 5.74) is 0.879. The summed E-state index contributed by atoms with van der Waals surface area (Å²) in [5.74, 6) is 0.846. The van der Waals surface area contributed by atoms with Gasteiger partial charge in [0.1, 0.15) is 4.60 Å². The maximum atomic E-state index is 4.48. The molecule has 0 saturated carbocycles. The second kappa shape index (κ2) is 6.54. The van der Waals surface area contributed by atoms with Crippen molar-refractivity contribution >= 4 is 27.4 Å². The van der Waals surface area contributed by atoms with Gasteiger partial charge in [-0.2, -0.15) is 0 Å². The molecule has 3 rings (SSSR count). The first kappa shape index (κ1) is 13.8. The molecule has 0 amide bonds. The van der Waals surface area contributed by atoms with E-state index in [1.165, 1.54) is 38.8 Å². The van der Waals surface area contributed by atoms with Gasteiger partial charge >= 0.3 is 0 Å². The number of likely N-dealkylation sites (tertiary alicyclic amines) is 1.